The maximum atomic E-state index is 12.7. The summed E-state index contributed by atoms with van der Waals surface area (Å²) in [5, 5.41) is 37.8. The van der Waals surface area contributed by atoms with Crippen LogP contribution in [0.15, 0.2) is 18.2 Å². The van der Waals surface area contributed by atoms with Gasteiger partial charge in [-0.1, -0.05) is 103 Å². The lowest BCUT2D eigenvalue weighted by Crippen LogP contribution is -2.54. The highest BCUT2D eigenvalue weighted by Crippen LogP contribution is 2.24. The molecule has 0 spiro atoms. The fourth-order valence-corrected chi connectivity index (χ4v) is 4.11. The van der Waals surface area contributed by atoms with Crippen LogP contribution in [0.25, 0.3) is 0 Å². The van der Waals surface area contributed by atoms with Crippen molar-refractivity contribution in [2.75, 3.05) is 6.54 Å². The van der Waals surface area contributed by atoms with Crippen molar-refractivity contribution in [3.8, 4) is 11.5 Å². The first kappa shape index (κ1) is 30.7. The monoisotopic (exact) mass is 492 g/mol. The highest BCUT2D eigenvalue weighted by molar-refractivity contribution is 5.99. The Hall–Kier alpha value is -2.32. The second-order valence-corrected chi connectivity index (χ2v) is 9.42. The summed E-state index contributed by atoms with van der Waals surface area (Å²) in [4.78, 5) is 12.7. The van der Waals surface area contributed by atoms with Gasteiger partial charge < -0.3 is 21.1 Å². The van der Waals surface area contributed by atoms with Gasteiger partial charge in [0.15, 0.2) is 0 Å². The van der Waals surface area contributed by atoms with Crippen LogP contribution in [0.4, 0.5) is 0 Å². The van der Waals surface area contributed by atoms with Gasteiger partial charge in [0.1, 0.15) is 17.3 Å². The summed E-state index contributed by atoms with van der Waals surface area (Å²) in [6, 6.07) is 3.56. The third-order valence-electron chi connectivity index (χ3n) is 6.27. The molecule has 0 aromatic heterocycles. The lowest BCUT2D eigenvalue weighted by atomic mass is 10.0. The number of carbonyl (C=O) groups excluding carboxylic acids is 1. The molecule has 1 aromatic rings. The first-order chi connectivity index (χ1) is 16.9. The summed E-state index contributed by atoms with van der Waals surface area (Å²) in [6.07, 6.45) is 18.7. The molecule has 0 aliphatic rings. The van der Waals surface area contributed by atoms with Gasteiger partial charge in [0.2, 0.25) is 6.23 Å². The number of phenolic OH excluding ortho intramolecular Hbond substituents is 2. The number of hydrazine groups is 1. The zero-order valence-corrected chi connectivity index (χ0v) is 21.6. The van der Waals surface area contributed by atoms with Gasteiger partial charge in [-0.05, 0) is 18.6 Å². The molecule has 0 saturated heterocycles. The van der Waals surface area contributed by atoms with E-state index in [1.54, 1.807) is 0 Å². The molecule has 0 aliphatic carbocycles. The predicted octanol–water partition coefficient (Wildman–Crippen LogP) is 5.56. The number of aromatic hydroxyl groups is 2. The molecular weight excluding hydrogens is 444 g/mol. The van der Waals surface area contributed by atoms with Gasteiger partial charge in [-0.2, -0.15) is 0 Å². The summed E-state index contributed by atoms with van der Waals surface area (Å²) in [6.45, 7) is 2.68. The lowest BCUT2D eigenvalue weighted by Gasteiger charge is -2.28. The molecule has 1 aromatic carbocycles. The third-order valence-corrected chi connectivity index (χ3v) is 6.27. The van der Waals surface area contributed by atoms with E-state index < -0.39 is 23.7 Å². The first-order valence-corrected chi connectivity index (χ1v) is 13.5. The molecule has 0 saturated carbocycles. The SMILES string of the molecule is CCCCCCCCCCCCCCCCCCNN(C(=O)c1ccc(O)cc1O)C(O)C(=N)N. The molecule has 0 bridgehead atoms. The Morgan fingerprint density at radius 2 is 1.34 bits per heavy atom. The van der Waals surface area contributed by atoms with Crippen LogP contribution in [0.5, 0.6) is 11.5 Å². The van der Waals surface area contributed by atoms with Crippen LogP contribution in [0.3, 0.4) is 0 Å². The quantitative estimate of drug-likeness (QED) is 0.0436. The average Bonchev–Trinajstić information content (AvgIpc) is 2.82. The molecule has 0 aliphatic heterocycles. The molecule has 0 radical (unpaired) electrons. The minimum absolute atomic E-state index is 0.109. The van der Waals surface area contributed by atoms with Crippen LogP contribution in [0, 0.1) is 5.41 Å². The van der Waals surface area contributed by atoms with Crippen molar-refractivity contribution < 1.29 is 20.1 Å². The van der Waals surface area contributed by atoms with Crippen molar-refractivity contribution in [1.29, 1.82) is 5.41 Å². The molecule has 1 rings (SSSR count). The number of hydrogen-bond donors (Lipinski definition) is 6. The molecule has 200 valence electrons. The number of amidine groups is 1. The van der Waals surface area contributed by atoms with Crippen molar-refractivity contribution in [3.63, 3.8) is 0 Å². The highest BCUT2D eigenvalue weighted by atomic mass is 16.3. The predicted molar refractivity (Wildman–Crippen MR) is 141 cm³/mol. The molecule has 7 N–H and O–H groups in total. The Bertz CT molecular complexity index is 729. The van der Waals surface area contributed by atoms with E-state index in [0.717, 1.165) is 30.3 Å². The van der Waals surface area contributed by atoms with Crippen LogP contribution in [0.2, 0.25) is 0 Å². The number of benzene rings is 1. The second-order valence-electron chi connectivity index (χ2n) is 9.42. The summed E-state index contributed by atoms with van der Waals surface area (Å²) >= 11 is 0. The largest absolute Gasteiger partial charge is 0.508 e. The number of unbranched alkanes of at least 4 members (excludes halogenated alkanes) is 15. The molecule has 0 heterocycles. The first-order valence-electron chi connectivity index (χ1n) is 13.5. The number of aliphatic hydroxyl groups is 1. The number of nitrogens with zero attached hydrogens (tertiary/aromatic N) is 1. The van der Waals surface area contributed by atoms with Gasteiger partial charge in [0, 0.05) is 12.6 Å². The minimum atomic E-state index is -1.66. The summed E-state index contributed by atoms with van der Waals surface area (Å²) in [5.41, 5.74) is 8.10. The van der Waals surface area contributed by atoms with Crippen LogP contribution >= 0.6 is 0 Å². The zero-order chi connectivity index (χ0) is 25.9. The van der Waals surface area contributed by atoms with Gasteiger partial charge in [0.05, 0.1) is 5.56 Å². The Kier molecular flexibility index (Phi) is 16.6. The van der Waals surface area contributed by atoms with E-state index in [1.807, 2.05) is 0 Å². The zero-order valence-electron chi connectivity index (χ0n) is 21.6. The average molecular weight is 493 g/mol. The normalized spacial score (nSPS) is 11.9. The standard InChI is InChI=1S/C27H48N4O4/c1-2-3-4-5-6-7-8-9-10-11-12-13-14-15-16-17-20-30-31(27(35)25(28)29)26(34)23-19-18-22(32)21-24(23)33/h18-19,21,27,30,32-33,35H,2-17,20H2,1H3,(H3,28,29). The van der Waals surface area contributed by atoms with E-state index in [0.29, 0.717) is 6.54 Å². The lowest BCUT2D eigenvalue weighted by molar-refractivity contribution is 0.0141. The number of nitrogens with two attached hydrogens (primary N) is 1. The molecule has 8 heteroatoms. The fraction of sp³-hybridized carbons (Fsp3) is 0.704. The van der Waals surface area contributed by atoms with Crippen LogP contribution in [0.1, 0.15) is 120 Å². The van der Waals surface area contributed by atoms with Crippen molar-refractivity contribution in [3.05, 3.63) is 23.8 Å². The van der Waals surface area contributed by atoms with Crippen molar-refractivity contribution in [1.82, 2.24) is 10.4 Å². The molecule has 1 unspecified atom stereocenters. The van der Waals surface area contributed by atoms with Gasteiger partial charge >= 0.3 is 0 Å². The molecular formula is C27H48N4O4. The van der Waals surface area contributed by atoms with Crippen LogP contribution in [-0.2, 0) is 0 Å². The molecule has 8 nitrogen and oxygen atoms in total. The maximum Gasteiger partial charge on any atom is 0.274 e. The Morgan fingerprint density at radius 1 is 0.886 bits per heavy atom. The molecule has 35 heavy (non-hydrogen) atoms. The minimum Gasteiger partial charge on any atom is -0.508 e. The third kappa shape index (κ3) is 13.4. The summed E-state index contributed by atoms with van der Waals surface area (Å²) in [5.74, 6) is -1.92. The molecule has 1 atom stereocenters. The molecule has 1 amide bonds. The number of amides is 1. The van der Waals surface area contributed by atoms with Crippen LogP contribution < -0.4 is 11.2 Å². The number of phenols is 2. The van der Waals surface area contributed by atoms with Gasteiger partial charge in [0.25, 0.3) is 5.91 Å². The van der Waals surface area contributed by atoms with Crippen molar-refractivity contribution in [2.45, 2.75) is 116 Å². The number of hydrogen-bond acceptors (Lipinski definition) is 6. The van der Waals surface area contributed by atoms with Gasteiger partial charge in [-0.15, -0.1) is 0 Å². The van der Waals surface area contributed by atoms with E-state index in [9.17, 15) is 20.1 Å². The van der Waals surface area contributed by atoms with Crippen molar-refractivity contribution >= 4 is 11.7 Å². The topological polar surface area (TPSA) is 143 Å². The second kappa shape index (κ2) is 18.9. The number of nitrogens with one attached hydrogen (secondary N) is 2. The number of rotatable bonds is 21. The van der Waals surface area contributed by atoms with E-state index in [1.165, 1.54) is 95.6 Å². The molecule has 0 fully saturated rings. The van der Waals surface area contributed by atoms with Crippen LogP contribution in [-0.4, -0.2) is 44.8 Å². The van der Waals surface area contributed by atoms with E-state index in [2.05, 4.69) is 12.3 Å². The van der Waals surface area contributed by atoms with Crippen molar-refractivity contribution in [2.24, 2.45) is 5.73 Å². The Morgan fingerprint density at radius 3 is 1.77 bits per heavy atom. The smallest absolute Gasteiger partial charge is 0.274 e. The highest BCUT2D eigenvalue weighted by Gasteiger charge is 2.27. The fourth-order valence-electron chi connectivity index (χ4n) is 4.11. The summed E-state index contributed by atoms with van der Waals surface area (Å²) in [7, 11) is 0. The van der Waals surface area contributed by atoms with E-state index in [4.69, 9.17) is 11.1 Å². The Labute approximate surface area is 211 Å². The Balaban J connectivity index is 2.15. The summed E-state index contributed by atoms with van der Waals surface area (Å²) < 4.78 is 0. The van der Waals surface area contributed by atoms with E-state index >= 15 is 0 Å². The number of carbonyl (C=O) groups is 1. The maximum absolute atomic E-state index is 12.7. The van der Waals surface area contributed by atoms with Gasteiger partial charge in [-0.25, -0.2) is 10.4 Å². The van der Waals surface area contributed by atoms with E-state index in [-0.39, 0.29) is 11.3 Å². The number of aliphatic hydroxyl groups excluding tert-OH is 1. The van der Waals surface area contributed by atoms with Gasteiger partial charge in [-0.3, -0.25) is 10.2 Å².